The summed E-state index contributed by atoms with van der Waals surface area (Å²) in [4.78, 5) is 17.2. The van der Waals surface area contributed by atoms with Gasteiger partial charge in [-0.25, -0.2) is 9.37 Å². The fourth-order valence-corrected chi connectivity index (χ4v) is 3.13. The molecule has 0 spiro atoms. The molecule has 34 heavy (non-hydrogen) atoms. The van der Waals surface area contributed by atoms with Gasteiger partial charge in [-0.15, -0.1) is 0 Å². The smallest absolute Gasteiger partial charge is 0.230 e. The molecule has 7 heteroatoms. The molecule has 0 fully saturated rings. The van der Waals surface area contributed by atoms with Gasteiger partial charge in [0.05, 0.1) is 30.0 Å². The minimum Gasteiger partial charge on any atom is -0.397 e. The van der Waals surface area contributed by atoms with Gasteiger partial charge in [-0.2, -0.15) is 0 Å². The Morgan fingerprint density at radius 2 is 1.85 bits per heavy atom. The number of nitrogens with zero attached hydrogens (tertiary/aromatic N) is 2. The summed E-state index contributed by atoms with van der Waals surface area (Å²) in [5.41, 5.74) is 9.40. The first kappa shape index (κ1) is 26.4. The van der Waals surface area contributed by atoms with E-state index in [9.17, 15) is 9.18 Å². The number of rotatable bonds is 9. The zero-order valence-corrected chi connectivity index (χ0v) is 20.3. The average Bonchev–Trinajstić information content (AvgIpc) is 3.24. The third kappa shape index (κ3) is 7.92. The maximum atomic E-state index is 13.2. The molecular weight excluding hydrogens is 429 g/mol. The molecule has 0 atom stereocenters. The summed E-state index contributed by atoms with van der Waals surface area (Å²) < 4.78 is 15.1. The maximum Gasteiger partial charge on any atom is 0.230 e. The molecule has 0 aliphatic heterocycles. The monoisotopic (exact) mass is 463 g/mol. The van der Waals surface area contributed by atoms with E-state index in [2.05, 4.69) is 28.6 Å². The van der Waals surface area contributed by atoms with Crippen LogP contribution >= 0.6 is 0 Å². The number of para-hydroxylation sites is 2. The van der Waals surface area contributed by atoms with Gasteiger partial charge < -0.3 is 20.9 Å². The Bertz CT molecular complexity index is 1120. The molecule has 180 valence electrons. The first-order valence-corrected chi connectivity index (χ1v) is 11.5. The van der Waals surface area contributed by atoms with Crippen molar-refractivity contribution in [2.75, 3.05) is 16.4 Å². The fourth-order valence-electron chi connectivity index (χ4n) is 3.13. The lowest BCUT2D eigenvalue weighted by Gasteiger charge is -2.09. The summed E-state index contributed by atoms with van der Waals surface area (Å²) in [7, 11) is 0. The Morgan fingerprint density at radius 3 is 2.53 bits per heavy atom. The summed E-state index contributed by atoms with van der Waals surface area (Å²) >= 11 is 0. The molecule has 4 N–H and O–H groups in total. The Labute approximate surface area is 201 Å². The van der Waals surface area contributed by atoms with Gasteiger partial charge in [-0.1, -0.05) is 45.1 Å². The lowest BCUT2D eigenvalue weighted by molar-refractivity contribution is -0.115. The van der Waals surface area contributed by atoms with Gasteiger partial charge in [-0.05, 0) is 55.8 Å². The second kappa shape index (κ2) is 13.6. The van der Waals surface area contributed by atoms with Gasteiger partial charge in [0.15, 0.2) is 0 Å². The van der Waals surface area contributed by atoms with E-state index in [1.54, 1.807) is 24.3 Å². The topological polar surface area (TPSA) is 85.0 Å². The molecular formula is C27H34FN5O. The lowest BCUT2D eigenvalue weighted by Crippen LogP contribution is -2.15. The molecule has 0 aliphatic carbocycles. The summed E-state index contributed by atoms with van der Waals surface area (Å²) in [5, 5.41) is 6.08. The first-order valence-electron chi connectivity index (χ1n) is 11.5. The molecule has 3 rings (SSSR count). The third-order valence-corrected chi connectivity index (χ3v) is 4.79. The average molecular weight is 464 g/mol. The molecule has 6 nitrogen and oxygen atoms in total. The van der Waals surface area contributed by atoms with Crippen LogP contribution in [0.25, 0.3) is 5.70 Å². The lowest BCUT2D eigenvalue weighted by atomic mass is 10.2. The standard InChI is InChI=1S/C25H28FN5O.C2H6/c1-3-4-5-8-18(2)31-17-21(15-25(32)30-23-10-7-6-9-22(23)27)29-24(31)16-28-20-13-11-19(26)12-14-20;1-2/h4-14,17,28H,3,15-16,27H2,1-2H3,(H,30,32);1-2H3/b5-4-,18-8+;. The van der Waals surface area contributed by atoms with Crippen LogP contribution in [0.15, 0.2) is 73.0 Å². The number of benzene rings is 2. The number of nitrogen functional groups attached to an aromatic ring is 1. The van der Waals surface area contributed by atoms with Crippen LogP contribution in [0, 0.1) is 5.82 Å². The fraction of sp³-hybridized carbons (Fsp3) is 0.259. The maximum absolute atomic E-state index is 13.2. The van der Waals surface area contributed by atoms with E-state index >= 15 is 0 Å². The van der Waals surface area contributed by atoms with Crippen LogP contribution in [-0.2, 0) is 17.8 Å². The zero-order chi connectivity index (χ0) is 24.9. The van der Waals surface area contributed by atoms with E-state index in [0.717, 1.165) is 23.6 Å². The molecule has 0 unspecified atom stereocenters. The number of allylic oxidation sites excluding steroid dienone is 4. The summed E-state index contributed by atoms with van der Waals surface area (Å²) in [6.07, 6.45) is 8.98. The summed E-state index contributed by atoms with van der Waals surface area (Å²) in [5.74, 6) is 0.263. The number of amides is 1. The predicted molar refractivity (Wildman–Crippen MR) is 140 cm³/mol. The molecule has 0 saturated carbocycles. The molecule has 1 aromatic heterocycles. The Kier molecular flexibility index (Phi) is 10.6. The Balaban J connectivity index is 0.00000199. The van der Waals surface area contributed by atoms with Crippen molar-refractivity contribution in [3.8, 4) is 0 Å². The van der Waals surface area contributed by atoms with Crippen molar-refractivity contribution < 1.29 is 9.18 Å². The Morgan fingerprint density at radius 1 is 1.15 bits per heavy atom. The molecule has 2 aromatic carbocycles. The van der Waals surface area contributed by atoms with Crippen molar-refractivity contribution in [1.82, 2.24) is 9.55 Å². The van der Waals surface area contributed by atoms with E-state index in [1.165, 1.54) is 12.1 Å². The minimum absolute atomic E-state index is 0.114. The zero-order valence-electron chi connectivity index (χ0n) is 20.3. The van der Waals surface area contributed by atoms with Crippen LogP contribution in [0.5, 0.6) is 0 Å². The number of nitrogens with two attached hydrogens (primary N) is 1. The number of carbonyl (C=O) groups is 1. The van der Waals surface area contributed by atoms with Crippen molar-refractivity contribution in [3.63, 3.8) is 0 Å². The van der Waals surface area contributed by atoms with E-state index in [1.807, 2.05) is 55.8 Å². The quantitative estimate of drug-likeness (QED) is 0.259. The summed E-state index contributed by atoms with van der Waals surface area (Å²) in [6.45, 7) is 8.48. The second-order valence-corrected chi connectivity index (χ2v) is 7.34. The van der Waals surface area contributed by atoms with Gasteiger partial charge in [0.25, 0.3) is 0 Å². The first-order chi connectivity index (χ1) is 16.5. The molecule has 0 radical (unpaired) electrons. The highest BCUT2D eigenvalue weighted by Crippen LogP contribution is 2.18. The van der Waals surface area contributed by atoms with Gasteiger partial charge in [0.2, 0.25) is 5.91 Å². The van der Waals surface area contributed by atoms with Crippen LogP contribution in [0.4, 0.5) is 21.5 Å². The van der Waals surface area contributed by atoms with Crippen LogP contribution in [-0.4, -0.2) is 15.5 Å². The number of imidazole rings is 1. The van der Waals surface area contributed by atoms with Crippen LogP contribution < -0.4 is 16.4 Å². The molecule has 0 saturated heterocycles. The second-order valence-electron chi connectivity index (χ2n) is 7.34. The Hall–Kier alpha value is -3.87. The number of anilines is 3. The molecule has 1 heterocycles. The van der Waals surface area contributed by atoms with E-state index < -0.39 is 0 Å². The number of nitrogens with one attached hydrogen (secondary N) is 2. The summed E-state index contributed by atoms with van der Waals surface area (Å²) in [6, 6.07) is 13.3. The number of halogens is 1. The normalized spacial score (nSPS) is 11.1. The number of hydrogen-bond acceptors (Lipinski definition) is 4. The van der Waals surface area contributed by atoms with Crippen molar-refractivity contribution >= 4 is 28.7 Å². The van der Waals surface area contributed by atoms with Gasteiger partial charge in [0, 0.05) is 17.6 Å². The highest BCUT2D eigenvalue weighted by Gasteiger charge is 2.13. The number of hydrogen-bond donors (Lipinski definition) is 3. The predicted octanol–water partition coefficient (Wildman–Crippen LogP) is 6.25. The van der Waals surface area contributed by atoms with Gasteiger partial charge in [0.1, 0.15) is 11.6 Å². The van der Waals surface area contributed by atoms with Crippen LogP contribution in [0.3, 0.4) is 0 Å². The van der Waals surface area contributed by atoms with Crippen LogP contribution in [0.2, 0.25) is 0 Å². The van der Waals surface area contributed by atoms with Crippen LogP contribution in [0.1, 0.15) is 45.6 Å². The highest BCUT2D eigenvalue weighted by molar-refractivity contribution is 5.94. The highest BCUT2D eigenvalue weighted by atomic mass is 19.1. The van der Waals surface area contributed by atoms with Crippen molar-refractivity contribution in [1.29, 1.82) is 0 Å². The molecule has 1 amide bonds. The van der Waals surface area contributed by atoms with E-state index in [0.29, 0.717) is 23.6 Å². The van der Waals surface area contributed by atoms with Crippen molar-refractivity contribution in [3.05, 3.63) is 90.3 Å². The molecule has 0 bridgehead atoms. The SMILES string of the molecule is CC.CC/C=C\C=C(/C)n1cc(CC(=O)Nc2ccccc2N)nc1CNc1ccc(F)cc1. The largest absolute Gasteiger partial charge is 0.397 e. The van der Waals surface area contributed by atoms with Gasteiger partial charge in [-0.3, -0.25) is 4.79 Å². The molecule has 0 aliphatic rings. The minimum atomic E-state index is -0.286. The van der Waals surface area contributed by atoms with Gasteiger partial charge >= 0.3 is 0 Å². The number of carbonyl (C=O) groups excluding carboxylic acids is 1. The van der Waals surface area contributed by atoms with Crippen molar-refractivity contribution in [2.24, 2.45) is 0 Å². The van der Waals surface area contributed by atoms with E-state index in [-0.39, 0.29) is 18.1 Å². The van der Waals surface area contributed by atoms with Crippen molar-refractivity contribution in [2.45, 2.75) is 47.1 Å². The third-order valence-electron chi connectivity index (χ3n) is 4.79. The molecule has 3 aromatic rings. The van der Waals surface area contributed by atoms with E-state index in [4.69, 9.17) is 5.73 Å². The number of aromatic nitrogens is 2.